The molecule has 1 atom stereocenters. The van der Waals surface area contributed by atoms with Gasteiger partial charge in [0.25, 0.3) is 0 Å². The fourth-order valence-corrected chi connectivity index (χ4v) is 2.08. The first-order valence-corrected chi connectivity index (χ1v) is 4.90. The van der Waals surface area contributed by atoms with Gasteiger partial charge in [-0.1, -0.05) is 0 Å². The minimum atomic E-state index is -2.61. The summed E-state index contributed by atoms with van der Waals surface area (Å²) in [7, 11) is 0. The second kappa shape index (κ2) is 3.15. The van der Waals surface area contributed by atoms with Crippen LogP contribution in [0.4, 0.5) is 8.78 Å². The van der Waals surface area contributed by atoms with Gasteiger partial charge in [-0.25, -0.2) is 8.78 Å². The van der Waals surface area contributed by atoms with Crippen LogP contribution >= 0.6 is 0 Å². The number of alkyl halides is 2. The SMILES string of the molecule is NC1CCN(C(=O)C2CC(F)(F)C2)C1. The number of amides is 1. The van der Waals surface area contributed by atoms with Crippen molar-refractivity contribution in [2.45, 2.75) is 31.2 Å². The van der Waals surface area contributed by atoms with Gasteiger partial charge in [-0.2, -0.15) is 0 Å². The Bertz CT molecular complexity index is 249. The van der Waals surface area contributed by atoms with Crippen molar-refractivity contribution >= 4 is 5.91 Å². The molecule has 0 radical (unpaired) electrons. The predicted molar refractivity (Wildman–Crippen MR) is 46.8 cm³/mol. The largest absolute Gasteiger partial charge is 0.341 e. The second-order valence-corrected chi connectivity index (χ2v) is 4.29. The van der Waals surface area contributed by atoms with E-state index in [2.05, 4.69) is 0 Å². The maximum absolute atomic E-state index is 12.5. The first kappa shape index (κ1) is 9.83. The second-order valence-electron chi connectivity index (χ2n) is 4.29. The molecule has 80 valence electrons. The summed E-state index contributed by atoms with van der Waals surface area (Å²) in [6.07, 6.45) is 0.226. The van der Waals surface area contributed by atoms with Crippen LogP contribution in [0.25, 0.3) is 0 Å². The van der Waals surface area contributed by atoms with E-state index < -0.39 is 11.8 Å². The summed E-state index contributed by atoms with van der Waals surface area (Å²) in [4.78, 5) is 13.2. The Labute approximate surface area is 81.2 Å². The third kappa shape index (κ3) is 1.73. The highest BCUT2D eigenvalue weighted by Crippen LogP contribution is 2.43. The van der Waals surface area contributed by atoms with Crippen LogP contribution in [0.3, 0.4) is 0 Å². The zero-order valence-corrected chi connectivity index (χ0v) is 7.88. The average Bonchev–Trinajstić information content (AvgIpc) is 2.46. The molecule has 0 aromatic carbocycles. The highest BCUT2D eigenvalue weighted by atomic mass is 19.3. The van der Waals surface area contributed by atoms with Crippen molar-refractivity contribution in [3.8, 4) is 0 Å². The Morgan fingerprint density at radius 2 is 2.07 bits per heavy atom. The highest BCUT2D eigenvalue weighted by Gasteiger charge is 2.50. The van der Waals surface area contributed by atoms with E-state index >= 15 is 0 Å². The van der Waals surface area contributed by atoms with Crippen molar-refractivity contribution in [1.29, 1.82) is 0 Å². The molecule has 0 bridgehead atoms. The average molecular weight is 204 g/mol. The summed E-state index contributed by atoms with van der Waals surface area (Å²) >= 11 is 0. The number of likely N-dealkylation sites (tertiary alicyclic amines) is 1. The van der Waals surface area contributed by atoms with Gasteiger partial charge in [0, 0.05) is 37.9 Å². The van der Waals surface area contributed by atoms with E-state index in [1.54, 1.807) is 4.90 Å². The number of nitrogens with zero attached hydrogens (tertiary/aromatic N) is 1. The third-order valence-corrected chi connectivity index (χ3v) is 2.98. The highest BCUT2D eigenvalue weighted by molar-refractivity contribution is 5.80. The molecule has 1 aliphatic heterocycles. The van der Waals surface area contributed by atoms with Gasteiger partial charge in [-0.3, -0.25) is 4.79 Å². The summed E-state index contributed by atoms with van der Waals surface area (Å²) in [5.74, 6) is -3.21. The third-order valence-electron chi connectivity index (χ3n) is 2.98. The Balaban J connectivity index is 1.85. The Morgan fingerprint density at radius 1 is 1.43 bits per heavy atom. The molecule has 0 spiro atoms. The lowest BCUT2D eigenvalue weighted by Crippen LogP contribution is -2.46. The lowest BCUT2D eigenvalue weighted by Gasteiger charge is -2.36. The number of carbonyl (C=O) groups excluding carboxylic acids is 1. The zero-order chi connectivity index (χ0) is 10.3. The molecule has 1 saturated heterocycles. The number of hydrogen-bond acceptors (Lipinski definition) is 2. The van der Waals surface area contributed by atoms with Crippen LogP contribution in [0.1, 0.15) is 19.3 Å². The van der Waals surface area contributed by atoms with E-state index in [0.717, 1.165) is 6.42 Å². The van der Waals surface area contributed by atoms with Gasteiger partial charge >= 0.3 is 0 Å². The van der Waals surface area contributed by atoms with Crippen LogP contribution in [-0.4, -0.2) is 35.9 Å². The van der Waals surface area contributed by atoms with Crippen LogP contribution in [0.5, 0.6) is 0 Å². The molecule has 1 heterocycles. The zero-order valence-electron chi connectivity index (χ0n) is 7.88. The molecule has 5 heteroatoms. The van der Waals surface area contributed by atoms with Crippen LogP contribution in [-0.2, 0) is 4.79 Å². The fourth-order valence-electron chi connectivity index (χ4n) is 2.08. The number of hydrogen-bond donors (Lipinski definition) is 1. The van der Waals surface area contributed by atoms with Gasteiger partial charge in [0.2, 0.25) is 11.8 Å². The first-order chi connectivity index (χ1) is 6.48. The number of rotatable bonds is 1. The smallest absolute Gasteiger partial charge is 0.249 e. The Morgan fingerprint density at radius 3 is 2.50 bits per heavy atom. The maximum Gasteiger partial charge on any atom is 0.249 e. The van der Waals surface area contributed by atoms with E-state index in [1.165, 1.54) is 0 Å². The van der Waals surface area contributed by atoms with E-state index in [9.17, 15) is 13.6 Å². The molecule has 0 aromatic heterocycles. The van der Waals surface area contributed by atoms with Gasteiger partial charge in [0.15, 0.2) is 0 Å². The fraction of sp³-hybridized carbons (Fsp3) is 0.889. The summed E-state index contributed by atoms with van der Waals surface area (Å²) in [5, 5.41) is 0. The lowest BCUT2D eigenvalue weighted by molar-refractivity contribution is -0.158. The molecule has 2 aliphatic rings. The van der Waals surface area contributed by atoms with Crippen LogP contribution in [0, 0.1) is 5.92 Å². The van der Waals surface area contributed by atoms with E-state index in [4.69, 9.17) is 5.73 Å². The molecule has 14 heavy (non-hydrogen) atoms. The minimum Gasteiger partial charge on any atom is -0.341 e. The van der Waals surface area contributed by atoms with Crippen molar-refractivity contribution < 1.29 is 13.6 Å². The first-order valence-electron chi connectivity index (χ1n) is 4.90. The van der Waals surface area contributed by atoms with Crippen LogP contribution in [0.15, 0.2) is 0 Å². The summed E-state index contributed by atoms with van der Waals surface area (Å²) in [6.45, 7) is 1.16. The normalized spacial score (nSPS) is 31.6. The summed E-state index contributed by atoms with van der Waals surface area (Å²) in [5.41, 5.74) is 5.63. The van der Waals surface area contributed by atoms with E-state index in [-0.39, 0.29) is 24.8 Å². The number of halogens is 2. The number of carbonyl (C=O) groups is 1. The molecule has 0 aromatic rings. The molecular weight excluding hydrogens is 190 g/mol. The minimum absolute atomic E-state index is 0.0273. The molecule has 1 amide bonds. The van der Waals surface area contributed by atoms with Gasteiger partial charge in [-0.05, 0) is 6.42 Å². The van der Waals surface area contributed by atoms with Gasteiger partial charge in [-0.15, -0.1) is 0 Å². The number of nitrogens with two attached hydrogens (primary N) is 1. The van der Waals surface area contributed by atoms with Crippen molar-refractivity contribution in [1.82, 2.24) is 4.90 Å². The van der Waals surface area contributed by atoms with Crippen LogP contribution < -0.4 is 5.73 Å². The van der Waals surface area contributed by atoms with Crippen molar-refractivity contribution in [2.24, 2.45) is 11.7 Å². The molecule has 3 nitrogen and oxygen atoms in total. The quantitative estimate of drug-likeness (QED) is 0.679. The molecule has 1 aliphatic carbocycles. The van der Waals surface area contributed by atoms with Crippen molar-refractivity contribution in [3.63, 3.8) is 0 Å². The van der Waals surface area contributed by atoms with Crippen molar-refractivity contribution in [2.75, 3.05) is 13.1 Å². The standard InChI is InChI=1S/C9H14F2N2O/c10-9(11)3-6(4-9)8(14)13-2-1-7(12)5-13/h6-7H,1-5,12H2. The molecule has 2 N–H and O–H groups in total. The van der Waals surface area contributed by atoms with Gasteiger partial charge < -0.3 is 10.6 Å². The Kier molecular flexibility index (Phi) is 2.21. The molecule has 2 rings (SSSR count). The lowest BCUT2D eigenvalue weighted by atomic mass is 9.80. The topological polar surface area (TPSA) is 46.3 Å². The van der Waals surface area contributed by atoms with Crippen molar-refractivity contribution in [3.05, 3.63) is 0 Å². The predicted octanol–water partition coefficient (Wildman–Crippen LogP) is 0.591. The van der Waals surface area contributed by atoms with Gasteiger partial charge in [0.1, 0.15) is 0 Å². The Hall–Kier alpha value is -0.710. The molecule has 1 saturated carbocycles. The summed E-state index contributed by atoms with van der Waals surface area (Å²) in [6, 6.07) is 0.0273. The monoisotopic (exact) mass is 204 g/mol. The van der Waals surface area contributed by atoms with Gasteiger partial charge in [0.05, 0.1) is 0 Å². The molecule has 1 unspecified atom stereocenters. The van der Waals surface area contributed by atoms with E-state index in [0.29, 0.717) is 13.1 Å². The molecule has 2 fully saturated rings. The van der Waals surface area contributed by atoms with E-state index in [1.807, 2.05) is 0 Å². The molecular formula is C9H14F2N2O. The summed E-state index contributed by atoms with van der Waals surface area (Å²) < 4.78 is 25.0. The maximum atomic E-state index is 12.5. The van der Waals surface area contributed by atoms with Crippen LogP contribution in [0.2, 0.25) is 0 Å².